The fourth-order valence-corrected chi connectivity index (χ4v) is 3.82. The first kappa shape index (κ1) is 14.6. The van der Waals surface area contributed by atoms with E-state index in [1.165, 1.54) is 10.3 Å². The van der Waals surface area contributed by atoms with Crippen LogP contribution in [0.25, 0.3) is 21.6 Å². The summed E-state index contributed by atoms with van der Waals surface area (Å²) in [5.74, 6) is 1.86. The number of benzene rings is 1. The first-order valence-electron chi connectivity index (χ1n) is 8.03. The number of hydrogen-bond acceptors (Lipinski definition) is 5. The van der Waals surface area contributed by atoms with E-state index in [9.17, 15) is 0 Å². The van der Waals surface area contributed by atoms with Crippen molar-refractivity contribution in [3.8, 4) is 11.4 Å². The molecule has 0 unspecified atom stereocenters. The maximum atomic E-state index is 5.49. The lowest BCUT2D eigenvalue weighted by Gasteiger charge is -2.28. The fraction of sp³-hybridized carbons (Fsp3) is 0.333. The Labute approximate surface area is 139 Å². The first-order chi connectivity index (χ1) is 11.3. The molecule has 5 heteroatoms. The van der Waals surface area contributed by atoms with Gasteiger partial charge >= 0.3 is 0 Å². The minimum Gasteiger partial charge on any atom is -0.378 e. The van der Waals surface area contributed by atoms with Crippen LogP contribution in [0.15, 0.2) is 36.4 Å². The van der Waals surface area contributed by atoms with Gasteiger partial charge in [-0.2, -0.15) is 0 Å². The molecular formula is C18H19N3OS. The molecule has 1 fully saturated rings. The molecule has 1 saturated heterocycles. The van der Waals surface area contributed by atoms with Crippen molar-refractivity contribution in [2.45, 2.75) is 13.3 Å². The highest BCUT2D eigenvalue weighted by molar-refractivity contribution is 7.18. The SMILES string of the molecule is CCc1cc2c(N3CCOCC3)nc(-c3ccccc3)nc2s1. The predicted molar refractivity (Wildman–Crippen MR) is 95.3 cm³/mol. The fourth-order valence-electron chi connectivity index (χ4n) is 2.86. The molecule has 118 valence electrons. The summed E-state index contributed by atoms with van der Waals surface area (Å²) in [4.78, 5) is 14.5. The van der Waals surface area contributed by atoms with Gasteiger partial charge in [-0.15, -0.1) is 11.3 Å². The van der Waals surface area contributed by atoms with Crippen LogP contribution in [0.1, 0.15) is 11.8 Å². The van der Waals surface area contributed by atoms with Crippen molar-refractivity contribution in [1.82, 2.24) is 9.97 Å². The topological polar surface area (TPSA) is 38.2 Å². The molecule has 0 saturated carbocycles. The van der Waals surface area contributed by atoms with E-state index in [-0.39, 0.29) is 0 Å². The normalized spacial score (nSPS) is 15.3. The molecule has 1 aliphatic heterocycles. The van der Waals surface area contributed by atoms with Gasteiger partial charge in [0, 0.05) is 23.5 Å². The number of morpholine rings is 1. The van der Waals surface area contributed by atoms with E-state index in [0.717, 1.165) is 54.8 Å². The number of thiophene rings is 1. The van der Waals surface area contributed by atoms with Crippen LogP contribution >= 0.6 is 11.3 Å². The smallest absolute Gasteiger partial charge is 0.163 e. The van der Waals surface area contributed by atoms with Crippen molar-refractivity contribution in [1.29, 1.82) is 0 Å². The van der Waals surface area contributed by atoms with E-state index in [1.807, 2.05) is 18.2 Å². The van der Waals surface area contributed by atoms with E-state index in [0.29, 0.717) is 0 Å². The lowest BCUT2D eigenvalue weighted by Crippen LogP contribution is -2.37. The Bertz CT molecular complexity index is 810. The van der Waals surface area contributed by atoms with E-state index in [1.54, 1.807) is 11.3 Å². The Balaban J connectivity index is 1.88. The van der Waals surface area contributed by atoms with Crippen LogP contribution in [-0.4, -0.2) is 36.3 Å². The van der Waals surface area contributed by atoms with Crippen molar-refractivity contribution in [2.24, 2.45) is 0 Å². The molecule has 0 spiro atoms. The zero-order valence-electron chi connectivity index (χ0n) is 13.2. The molecule has 1 aromatic carbocycles. The molecule has 0 atom stereocenters. The number of aryl methyl sites for hydroxylation is 1. The molecule has 0 N–H and O–H groups in total. The monoisotopic (exact) mass is 325 g/mol. The third-order valence-corrected chi connectivity index (χ3v) is 5.29. The standard InChI is InChI=1S/C18H19N3OS/c1-2-14-12-15-17(21-8-10-22-11-9-21)19-16(20-18(15)23-14)13-6-4-3-5-7-13/h3-7,12H,2,8-11H2,1H3. The van der Waals surface area contributed by atoms with E-state index in [4.69, 9.17) is 14.7 Å². The molecule has 3 aromatic rings. The summed E-state index contributed by atoms with van der Waals surface area (Å²) in [6, 6.07) is 12.5. The number of aromatic nitrogens is 2. The number of rotatable bonds is 3. The van der Waals surface area contributed by atoms with Gasteiger partial charge in [-0.05, 0) is 12.5 Å². The second-order valence-electron chi connectivity index (χ2n) is 5.62. The van der Waals surface area contributed by atoms with Crippen LogP contribution in [0.5, 0.6) is 0 Å². The maximum Gasteiger partial charge on any atom is 0.163 e. The second-order valence-corrected chi connectivity index (χ2v) is 6.74. The highest BCUT2D eigenvalue weighted by atomic mass is 32.1. The van der Waals surface area contributed by atoms with Gasteiger partial charge in [0.2, 0.25) is 0 Å². The summed E-state index contributed by atoms with van der Waals surface area (Å²) >= 11 is 1.78. The zero-order valence-corrected chi connectivity index (χ0v) is 14.0. The number of nitrogens with zero attached hydrogens (tertiary/aromatic N) is 3. The lowest BCUT2D eigenvalue weighted by atomic mass is 10.2. The Hall–Kier alpha value is -1.98. The molecule has 0 amide bonds. The average molecular weight is 325 g/mol. The third-order valence-electron chi connectivity index (χ3n) is 4.11. The van der Waals surface area contributed by atoms with Crippen LogP contribution in [-0.2, 0) is 11.2 Å². The first-order valence-corrected chi connectivity index (χ1v) is 8.85. The molecule has 2 aromatic heterocycles. The maximum absolute atomic E-state index is 5.49. The molecule has 23 heavy (non-hydrogen) atoms. The van der Waals surface area contributed by atoms with Gasteiger partial charge in [-0.25, -0.2) is 9.97 Å². The van der Waals surface area contributed by atoms with Gasteiger partial charge in [-0.1, -0.05) is 37.3 Å². The quantitative estimate of drug-likeness (QED) is 0.735. The Kier molecular flexibility index (Phi) is 3.97. The van der Waals surface area contributed by atoms with Crippen LogP contribution in [0.3, 0.4) is 0 Å². The molecule has 3 heterocycles. The Morgan fingerprint density at radius 1 is 1.13 bits per heavy atom. The average Bonchev–Trinajstić information content (AvgIpc) is 3.05. The molecule has 4 nitrogen and oxygen atoms in total. The van der Waals surface area contributed by atoms with Crippen molar-refractivity contribution in [3.05, 3.63) is 41.3 Å². The number of anilines is 1. The highest BCUT2D eigenvalue weighted by Gasteiger charge is 2.19. The second kappa shape index (κ2) is 6.26. The van der Waals surface area contributed by atoms with Crippen LogP contribution in [0.2, 0.25) is 0 Å². The summed E-state index contributed by atoms with van der Waals surface area (Å²) in [5.41, 5.74) is 1.07. The Morgan fingerprint density at radius 3 is 2.65 bits per heavy atom. The molecule has 1 aliphatic rings. The van der Waals surface area contributed by atoms with Crippen molar-refractivity contribution < 1.29 is 4.74 Å². The van der Waals surface area contributed by atoms with Gasteiger partial charge in [0.05, 0.1) is 18.6 Å². The van der Waals surface area contributed by atoms with Gasteiger partial charge in [-0.3, -0.25) is 0 Å². The highest BCUT2D eigenvalue weighted by Crippen LogP contribution is 2.33. The largest absolute Gasteiger partial charge is 0.378 e. The zero-order chi connectivity index (χ0) is 15.6. The summed E-state index contributed by atoms with van der Waals surface area (Å²) in [7, 11) is 0. The van der Waals surface area contributed by atoms with Gasteiger partial charge in [0.25, 0.3) is 0 Å². The summed E-state index contributed by atoms with van der Waals surface area (Å²) in [5, 5.41) is 1.17. The molecule has 0 radical (unpaired) electrons. The van der Waals surface area contributed by atoms with E-state index in [2.05, 4.69) is 30.0 Å². The van der Waals surface area contributed by atoms with Crippen LogP contribution in [0, 0.1) is 0 Å². The summed E-state index contributed by atoms with van der Waals surface area (Å²) < 4.78 is 5.49. The summed E-state index contributed by atoms with van der Waals surface area (Å²) in [6.45, 7) is 5.48. The summed E-state index contributed by atoms with van der Waals surface area (Å²) in [6.07, 6.45) is 1.03. The molecular weight excluding hydrogens is 306 g/mol. The molecule has 0 bridgehead atoms. The van der Waals surface area contributed by atoms with Crippen molar-refractivity contribution in [2.75, 3.05) is 31.2 Å². The molecule has 4 rings (SSSR count). The van der Waals surface area contributed by atoms with Gasteiger partial charge in [0.15, 0.2) is 5.82 Å². The molecule has 0 aliphatic carbocycles. The van der Waals surface area contributed by atoms with E-state index >= 15 is 0 Å². The minimum absolute atomic E-state index is 0.761. The number of hydrogen-bond donors (Lipinski definition) is 0. The number of ether oxygens (including phenoxy) is 1. The van der Waals surface area contributed by atoms with E-state index < -0.39 is 0 Å². The number of fused-ring (bicyclic) bond motifs is 1. The van der Waals surface area contributed by atoms with Crippen molar-refractivity contribution >= 4 is 27.4 Å². The lowest BCUT2D eigenvalue weighted by molar-refractivity contribution is 0.122. The van der Waals surface area contributed by atoms with Crippen LogP contribution < -0.4 is 4.90 Å². The van der Waals surface area contributed by atoms with Gasteiger partial charge < -0.3 is 9.64 Å². The minimum atomic E-state index is 0.761. The van der Waals surface area contributed by atoms with Gasteiger partial charge in [0.1, 0.15) is 10.6 Å². The van der Waals surface area contributed by atoms with Crippen molar-refractivity contribution in [3.63, 3.8) is 0 Å². The van der Waals surface area contributed by atoms with Crippen LogP contribution in [0.4, 0.5) is 5.82 Å². The third kappa shape index (κ3) is 2.82. The Morgan fingerprint density at radius 2 is 1.91 bits per heavy atom. The predicted octanol–water partition coefficient (Wildman–Crippen LogP) is 3.76.